The Bertz CT molecular complexity index is 803. The van der Waals surface area contributed by atoms with Crippen molar-refractivity contribution in [1.29, 1.82) is 0 Å². The van der Waals surface area contributed by atoms with Crippen LogP contribution >= 0.6 is 0 Å². The molecule has 0 unspecified atom stereocenters. The molecule has 0 aliphatic rings. The van der Waals surface area contributed by atoms with E-state index in [9.17, 15) is 13.7 Å². The van der Waals surface area contributed by atoms with Gasteiger partial charge in [-0.3, -0.25) is 0 Å². The van der Waals surface area contributed by atoms with Gasteiger partial charge in [0.15, 0.2) is 5.82 Å². The molecule has 5 nitrogen and oxygen atoms in total. The van der Waals surface area contributed by atoms with E-state index in [1.807, 2.05) is 0 Å². The normalized spacial score (nSPS) is 10.8. The lowest BCUT2D eigenvalue weighted by atomic mass is 10.2. The number of halogens is 2. The summed E-state index contributed by atoms with van der Waals surface area (Å²) in [7, 11) is 0. The van der Waals surface area contributed by atoms with Crippen molar-refractivity contribution in [3.8, 4) is 0 Å². The molecule has 0 bridgehead atoms. The Labute approximate surface area is 118 Å². The summed E-state index contributed by atoms with van der Waals surface area (Å²) in [6.45, 7) is 0.0414. The SMILES string of the molecule is O=NN(Cc1cccc2nccn12)c1ccc(F)cc1F. The molecule has 0 fully saturated rings. The molecule has 0 amide bonds. The third-order valence-corrected chi connectivity index (χ3v) is 3.11. The second-order valence-electron chi connectivity index (χ2n) is 4.41. The van der Waals surface area contributed by atoms with Gasteiger partial charge in [-0.2, -0.15) is 0 Å². The van der Waals surface area contributed by atoms with Crippen molar-refractivity contribution in [3.63, 3.8) is 0 Å². The first-order chi connectivity index (χ1) is 10.2. The van der Waals surface area contributed by atoms with Crippen LogP contribution in [-0.4, -0.2) is 9.38 Å². The minimum absolute atomic E-state index is 0.0414. The zero-order valence-corrected chi connectivity index (χ0v) is 10.8. The molecule has 0 saturated heterocycles. The van der Waals surface area contributed by atoms with Crippen molar-refractivity contribution in [1.82, 2.24) is 9.38 Å². The fourth-order valence-corrected chi connectivity index (χ4v) is 2.14. The van der Waals surface area contributed by atoms with Crippen molar-refractivity contribution in [2.45, 2.75) is 6.54 Å². The maximum absolute atomic E-state index is 13.7. The summed E-state index contributed by atoms with van der Waals surface area (Å²) >= 11 is 0. The van der Waals surface area contributed by atoms with Gasteiger partial charge in [-0.25, -0.2) is 18.8 Å². The first-order valence-electron chi connectivity index (χ1n) is 6.16. The number of anilines is 1. The third kappa shape index (κ3) is 2.45. The van der Waals surface area contributed by atoms with Crippen LogP contribution in [0.15, 0.2) is 54.1 Å². The fourth-order valence-electron chi connectivity index (χ4n) is 2.14. The van der Waals surface area contributed by atoms with Crippen molar-refractivity contribution in [2.24, 2.45) is 5.29 Å². The van der Waals surface area contributed by atoms with Crippen molar-refractivity contribution < 1.29 is 8.78 Å². The van der Waals surface area contributed by atoms with Crippen LogP contribution in [-0.2, 0) is 6.54 Å². The molecule has 0 radical (unpaired) electrons. The second kappa shape index (κ2) is 5.28. The quantitative estimate of drug-likeness (QED) is 0.546. The van der Waals surface area contributed by atoms with Crippen molar-refractivity contribution >= 4 is 11.3 Å². The lowest BCUT2D eigenvalue weighted by Crippen LogP contribution is -2.18. The molecule has 3 rings (SSSR count). The Morgan fingerprint density at radius 3 is 2.86 bits per heavy atom. The number of fused-ring (bicyclic) bond motifs is 1. The molecule has 2 heterocycles. The van der Waals surface area contributed by atoms with E-state index in [2.05, 4.69) is 10.3 Å². The summed E-state index contributed by atoms with van der Waals surface area (Å²) in [6.07, 6.45) is 3.35. The molecule has 0 N–H and O–H groups in total. The Balaban J connectivity index is 1.98. The molecule has 2 aromatic heterocycles. The first-order valence-corrected chi connectivity index (χ1v) is 6.16. The van der Waals surface area contributed by atoms with Crippen LogP contribution in [0.25, 0.3) is 5.65 Å². The molecule has 0 spiro atoms. The van der Waals surface area contributed by atoms with E-state index < -0.39 is 11.6 Å². The highest BCUT2D eigenvalue weighted by atomic mass is 19.1. The van der Waals surface area contributed by atoms with Crippen LogP contribution in [0.1, 0.15) is 5.69 Å². The van der Waals surface area contributed by atoms with Gasteiger partial charge >= 0.3 is 0 Å². The fraction of sp³-hybridized carbons (Fsp3) is 0.0714. The average Bonchev–Trinajstić information content (AvgIpc) is 2.94. The summed E-state index contributed by atoms with van der Waals surface area (Å²) in [5.41, 5.74) is 1.33. The molecule has 1 aromatic carbocycles. The predicted octanol–water partition coefficient (Wildman–Crippen LogP) is 3.30. The highest BCUT2D eigenvalue weighted by Gasteiger charge is 2.15. The summed E-state index contributed by atoms with van der Waals surface area (Å²) in [5, 5.41) is 3.76. The average molecular weight is 288 g/mol. The van der Waals surface area contributed by atoms with E-state index in [4.69, 9.17) is 0 Å². The molecular formula is C14H10F2N4O. The van der Waals surface area contributed by atoms with Crippen molar-refractivity contribution in [3.05, 3.63) is 71.0 Å². The lowest BCUT2D eigenvalue weighted by molar-refractivity contribution is 0.578. The first kappa shape index (κ1) is 13.2. The number of hydrogen-bond donors (Lipinski definition) is 0. The summed E-state index contributed by atoms with van der Waals surface area (Å²) in [4.78, 5) is 15.1. The highest BCUT2D eigenvalue weighted by molar-refractivity contribution is 5.48. The van der Waals surface area contributed by atoms with E-state index in [1.165, 1.54) is 6.07 Å². The molecular weight excluding hydrogens is 278 g/mol. The van der Waals surface area contributed by atoms with Crippen LogP contribution in [0.2, 0.25) is 0 Å². The van der Waals surface area contributed by atoms with E-state index in [0.29, 0.717) is 17.4 Å². The standard InChI is InChI=1S/C14H10F2N4O/c15-10-4-5-13(12(16)8-10)20(18-21)9-11-2-1-3-14-17-6-7-19(11)14/h1-8H,9H2. The van der Waals surface area contributed by atoms with E-state index >= 15 is 0 Å². The minimum atomic E-state index is -0.840. The van der Waals surface area contributed by atoms with Crippen LogP contribution in [0.4, 0.5) is 14.5 Å². The Hall–Kier alpha value is -2.83. The van der Waals surface area contributed by atoms with Gasteiger partial charge in [-0.05, 0) is 24.3 Å². The van der Waals surface area contributed by atoms with Gasteiger partial charge in [0.2, 0.25) is 0 Å². The number of pyridine rings is 1. The van der Waals surface area contributed by atoms with Crippen molar-refractivity contribution in [2.75, 3.05) is 5.01 Å². The van der Waals surface area contributed by atoms with Gasteiger partial charge in [0.05, 0.1) is 17.5 Å². The van der Waals surface area contributed by atoms with E-state index in [-0.39, 0.29) is 12.2 Å². The zero-order chi connectivity index (χ0) is 14.8. The maximum atomic E-state index is 13.7. The summed E-state index contributed by atoms with van der Waals surface area (Å²) in [5.74, 6) is -1.55. The number of aromatic nitrogens is 2. The zero-order valence-electron chi connectivity index (χ0n) is 10.8. The molecule has 0 aliphatic heterocycles. The van der Waals surface area contributed by atoms with Crippen LogP contribution in [0.5, 0.6) is 0 Å². The monoisotopic (exact) mass is 288 g/mol. The Kier molecular flexibility index (Phi) is 3.31. The summed E-state index contributed by atoms with van der Waals surface area (Å²) < 4.78 is 28.4. The van der Waals surface area contributed by atoms with Gasteiger partial charge in [0, 0.05) is 24.2 Å². The van der Waals surface area contributed by atoms with Crippen LogP contribution < -0.4 is 5.01 Å². The maximum Gasteiger partial charge on any atom is 0.151 e. The molecule has 7 heteroatoms. The largest absolute Gasteiger partial charge is 0.302 e. The predicted molar refractivity (Wildman–Crippen MR) is 73.5 cm³/mol. The number of hydrogen-bond acceptors (Lipinski definition) is 3. The van der Waals surface area contributed by atoms with Gasteiger partial charge in [0.1, 0.15) is 11.5 Å². The van der Waals surface area contributed by atoms with Gasteiger partial charge in [0.25, 0.3) is 0 Å². The molecule has 0 atom stereocenters. The van der Waals surface area contributed by atoms with E-state index in [1.54, 1.807) is 35.0 Å². The highest BCUT2D eigenvalue weighted by Crippen LogP contribution is 2.22. The lowest BCUT2D eigenvalue weighted by Gasteiger charge is -2.16. The smallest absolute Gasteiger partial charge is 0.151 e. The van der Waals surface area contributed by atoms with Gasteiger partial charge < -0.3 is 4.40 Å². The topological polar surface area (TPSA) is 50.0 Å². The number of nitrogens with zero attached hydrogens (tertiary/aromatic N) is 4. The third-order valence-electron chi connectivity index (χ3n) is 3.11. The summed E-state index contributed by atoms with van der Waals surface area (Å²) in [6, 6.07) is 8.33. The molecule has 0 aliphatic carbocycles. The molecule has 3 aromatic rings. The molecule has 21 heavy (non-hydrogen) atoms. The van der Waals surface area contributed by atoms with Gasteiger partial charge in [-0.15, -0.1) is 4.91 Å². The van der Waals surface area contributed by atoms with Crippen LogP contribution in [0.3, 0.4) is 0 Å². The Morgan fingerprint density at radius 2 is 2.10 bits per heavy atom. The minimum Gasteiger partial charge on any atom is -0.302 e. The second-order valence-corrected chi connectivity index (χ2v) is 4.41. The Morgan fingerprint density at radius 1 is 1.24 bits per heavy atom. The molecule has 106 valence electrons. The number of benzene rings is 1. The van der Waals surface area contributed by atoms with E-state index in [0.717, 1.165) is 11.1 Å². The molecule has 0 saturated carbocycles. The number of rotatable bonds is 4. The number of imidazole rings is 1. The number of nitroso groups, excluding NO2 is 1. The van der Waals surface area contributed by atoms with Gasteiger partial charge in [-0.1, -0.05) is 6.07 Å². The van der Waals surface area contributed by atoms with Crippen LogP contribution in [0, 0.1) is 16.5 Å².